The number of hydrogen-bond donors (Lipinski definition) is 1. The van der Waals surface area contributed by atoms with E-state index >= 15 is 0 Å². The first-order chi connectivity index (χ1) is 11.1. The largest absolute Gasteiger partial charge is 0.486 e. The minimum atomic E-state index is -0.138. The van der Waals surface area contributed by atoms with Crippen molar-refractivity contribution in [2.24, 2.45) is 0 Å². The van der Waals surface area contributed by atoms with E-state index < -0.39 is 0 Å². The fraction of sp³-hybridized carbons (Fsp3) is 0.412. The Labute approximate surface area is 135 Å². The zero-order valence-electron chi connectivity index (χ0n) is 13.5. The summed E-state index contributed by atoms with van der Waals surface area (Å²) in [6.07, 6.45) is 0.820. The van der Waals surface area contributed by atoms with Crippen LogP contribution >= 0.6 is 0 Å². The highest BCUT2D eigenvalue weighted by Crippen LogP contribution is 2.33. The molecule has 0 atom stereocenters. The molecule has 6 nitrogen and oxygen atoms in total. The molecule has 6 heteroatoms. The van der Waals surface area contributed by atoms with Crippen LogP contribution in [0.5, 0.6) is 11.5 Å². The van der Waals surface area contributed by atoms with Crippen molar-refractivity contribution in [1.82, 2.24) is 15.1 Å². The molecule has 0 unspecified atom stereocenters. The Balaban J connectivity index is 1.55. The van der Waals surface area contributed by atoms with Gasteiger partial charge in [-0.2, -0.15) is 5.10 Å². The lowest BCUT2D eigenvalue weighted by Crippen LogP contribution is -2.27. The maximum Gasteiger partial charge on any atom is 0.255 e. The molecule has 1 aromatic carbocycles. The van der Waals surface area contributed by atoms with Crippen LogP contribution in [-0.2, 0) is 6.54 Å². The highest BCUT2D eigenvalue weighted by molar-refractivity contribution is 5.97. The molecule has 3 rings (SSSR count). The van der Waals surface area contributed by atoms with Crippen LogP contribution in [0.1, 0.15) is 28.2 Å². The molecule has 2 heterocycles. The van der Waals surface area contributed by atoms with E-state index in [4.69, 9.17) is 9.47 Å². The molecule has 23 heavy (non-hydrogen) atoms. The summed E-state index contributed by atoms with van der Waals surface area (Å²) >= 11 is 0. The third kappa shape index (κ3) is 3.47. The van der Waals surface area contributed by atoms with E-state index in [-0.39, 0.29) is 5.91 Å². The van der Waals surface area contributed by atoms with Gasteiger partial charge in [0.1, 0.15) is 13.2 Å². The highest BCUT2D eigenvalue weighted by Gasteiger charge is 2.19. The molecule has 1 N–H and O–H groups in total. The molecule has 0 fully saturated rings. The van der Waals surface area contributed by atoms with Crippen molar-refractivity contribution in [3.05, 3.63) is 41.2 Å². The van der Waals surface area contributed by atoms with E-state index in [1.165, 1.54) is 0 Å². The maximum atomic E-state index is 12.3. The second kappa shape index (κ2) is 6.73. The third-order valence-electron chi connectivity index (χ3n) is 3.75. The highest BCUT2D eigenvalue weighted by atomic mass is 16.6. The second-order valence-corrected chi connectivity index (χ2v) is 5.59. The Bertz CT molecular complexity index is 709. The molecule has 0 spiro atoms. The summed E-state index contributed by atoms with van der Waals surface area (Å²) in [6, 6.07) is 7.42. The van der Waals surface area contributed by atoms with Gasteiger partial charge in [0.25, 0.3) is 5.91 Å². The number of nitrogens with one attached hydrogen (secondary N) is 1. The summed E-state index contributed by atoms with van der Waals surface area (Å²) in [5.74, 6) is 1.03. The standard InChI is InChI=1S/C17H21N3O3/c1-12-11-13(2)20(19-12)8-4-7-18-17(21)14-5-3-6-15-16(14)23-10-9-22-15/h3,5-6,11H,4,7-10H2,1-2H3,(H,18,21). The van der Waals surface area contributed by atoms with Crippen molar-refractivity contribution in [3.8, 4) is 11.5 Å². The van der Waals surface area contributed by atoms with Gasteiger partial charge in [0.15, 0.2) is 11.5 Å². The van der Waals surface area contributed by atoms with Crippen LogP contribution in [0.4, 0.5) is 0 Å². The first-order valence-electron chi connectivity index (χ1n) is 7.83. The Morgan fingerprint density at radius 2 is 2.13 bits per heavy atom. The van der Waals surface area contributed by atoms with Crippen LogP contribution in [0, 0.1) is 13.8 Å². The van der Waals surface area contributed by atoms with Crippen LogP contribution in [0.15, 0.2) is 24.3 Å². The van der Waals surface area contributed by atoms with Gasteiger partial charge in [-0.3, -0.25) is 9.48 Å². The molecule has 122 valence electrons. The molecule has 0 aliphatic carbocycles. The van der Waals surface area contributed by atoms with Gasteiger partial charge in [0.05, 0.1) is 11.3 Å². The van der Waals surface area contributed by atoms with Gasteiger partial charge < -0.3 is 14.8 Å². The zero-order chi connectivity index (χ0) is 16.2. The van der Waals surface area contributed by atoms with Gasteiger partial charge in [0, 0.05) is 18.8 Å². The van der Waals surface area contributed by atoms with Crippen LogP contribution in [0.3, 0.4) is 0 Å². The smallest absolute Gasteiger partial charge is 0.255 e. The summed E-state index contributed by atoms with van der Waals surface area (Å²) in [4.78, 5) is 12.3. The molecule has 0 saturated heterocycles. The number of carbonyl (C=O) groups is 1. The number of benzene rings is 1. The number of ether oxygens (including phenoxy) is 2. The van der Waals surface area contributed by atoms with Crippen molar-refractivity contribution in [1.29, 1.82) is 0 Å². The van der Waals surface area contributed by atoms with Crippen molar-refractivity contribution in [2.45, 2.75) is 26.8 Å². The first-order valence-corrected chi connectivity index (χ1v) is 7.83. The molecule has 0 saturated carbocycles. The van der Waals surface area contributed by atoms with E-state index in [0.29, 0.717) is 36.8 Å². The topological polar surface area (TPSA) is 65.4 Å². The van der Waals surface area contributed by atoms with E-state index in [2.05, 4.69) is 10.4 Å². The van der Waals surface area contributed by atoms with E-state index in [0.717, 1.165) is 24.4 Å². The monoisotopic (exact) mass is 315 g/mol. The Kier molecular flexibility index (Phi) is 4.50. The normalized spacial score (nSPS) is 13.0. The van der Waals surface area contributed by atoms with Crippen LogP contribution < -0.4 is 14.8 Å². The average molecular weight is 315 g/mol. The number of aromatic nitrogens is 2. The zero-order valence-corrected chi connectivity index (χ0v) is 13.5. The van der Waals surface area contributed by atoms with E-state index in [1.807, 2.05) is 30.7 Å². The van der Waals surface area contributed by atoms with Crippen molar-refractivity contribution < 1.29 is 14.3 Å². The van der Waals surface area contributed by atoms with Crippen LogP contribution in [0.2, 0.25) is 0 Å². The van der Waals surface area contributed by atoms with Crippen LogP contribution in [-0.4, -0.2) is 35.4 Å². The molecular formula is C17H21N3O3. The predicted molar refractivity (Wildman–Crippen MR) is 86.1 cm³/mol. The summed E-state index contributed by atoms with van der Waals surface area (Å²) < 4.78 is 13.0. The summed E-state index contributed by atoms with van der Waals surface area (Å²) in [7, 11) is 0. The lowest BCUT2D eigenvalue weighted by molar-refractivity contribution is 0.0941. The fourth-order valence-electron chi connectivity index (χ4n) is 2.68. The molecule has 1 aromatic heterocycles. The van der Waals surface area contributed by atoms with Gasteiger partial charge in [-0.15, -0.1) is 0 Å². The van der Waals surface area contributed by atoms with Crippen molar-refractivity contribution in [3.63, 3.8) is 0 Å². The summed E-state index contributed by atoms with van der Waals surface area (Å²) in [5, 5.41) is 7.34. The van der Waals surface area contributed by atoms with Gasteiger partial charge in [0.2, 0.25) is 0 Å². The Morgan fingerprint density at radius 3 is 2.91 bits per heavy atom. The van der Waals surface area contributed by atoms with Gasteiger partial charge in [-0.25, -0.2) is 0 Å². The number of aryl methyl sites for hydroxylation is 3. The van der Waals surface area contributed by atoms with Gasteiger partial charge in [-0.05, 0) is 38.5 Å². The summed E-state index contributed by atoms with van der Waals surface area (Å²) in [5.41, 5.74) is 2.67. The molecule has 0 bridgehead atoms. The molecule has 2 aromatic rings. The number of fused-ring (bicyclic) bond motifs is 1. The average Bonchev–Trinajstić information content (AvgIpc) is 2.88. The minimum absolute atomic E-state index is 0.138. The number of para-hydroxylation sites is 1. The molecular weight excluding hydrogens is 294 g/mol. The number of amides is 1. The Morgan fingerprint density at radius 1 is 1.30 bits per heavy atom. The summed E-state index contributed by atoms with van der Waals surface area (Å²) in [6.45, 7) is 6.36. The number of carbonyl (C=O) groups excluding carboxylic acids is 1. The Hall–Kier alpha value is -2.50. The maximum absolute atomic E-state index is 12.3. The lowest BCUT2D eigenvalue weighted by Gasteiger charge is -2.20. The number of nitrogens with zero attached hydrogens (tertiary/aromatic N) is 2. The molecule has 1 aliphatic rings. The SMILES string of the molecule is Cc1cc(C)n(CCCNC(=O)c2cccc3c2OCCO3)n1. The molecule has 1 amide bonds. The van der Waals surface area contributed by atoms with Gasteiger partial charge in [-0.1, -0.05) is 6.07 Å². The van der Waals surface area contributed by atoms with E-state index in [1.54, 1.807) is 12.1 Å². The molecule has 1 aliphatic heterocycles. The minimum Gasteiger partial charge on any atom is -0.486 e. The number of hydrogen-bond acceptors (Lipinski definition) is 4. The van der Waals surface area contributed by atoms with Crippen molar-refractivity contribution >= 4 is 5.91 Å². The number of rotatable bonds is 5. The van der Waals surface area contributed by atoms with Crippen LogP contribution in [0.25, 0.3) is 0 Å². The molecule has 0 radical (unpaired) electrons. The quantitative estimate of drug-likeness (QED) is 0.858. The third-order valence-corrected chi connectivity index (χ3v) is 3.75. The lowest BCUT2D eigenvalue weighted by atomic mass is 10.1. The second-order valence-electron chi connectivity index (χ2n) is 5.59. The van der Waals surface area contributed by atoms with Crippen molar-refractivity contribution in [2.75, 3.05) is 19.8 Å². The van der Waals surface area contributed by atoms with Gasteiger partial charge >= 0.3 is 0 Å². The fourth-order valence-corrected chi connectivity index (χ4v) is 2.68. The first kappa shape index (κ1) is 15.4. The van der Waals surface area contributed by atoms with E-state index in [9.17, 15) is 4.79 Å². The predicted octanol–water partition coefficient (Wildman–Crippen LogP) is 2.09.